The molecule has 2 aliphatic rings. The second-order valence-electron chi connectivity index (χ2n) is 17.8. The first-order valence-electron chi connectivity index (χ1n) is 24.4. The fourth-order valence-corrected chi connectivity index (χ4v) is 8.88. The van der Waals surface area contributed by atoms with E-state index in [4.69, 9.17) is 4.74 Å². The van der Waals surface area contributed by atoms with Crippen molar-refractivity contribution < 1.29 is 24.2 Å². The number of rotatable bonds is 10. The summed E-state index contributed by atoms with van der Waals surface area (Å²) in [7, 11) is 11.5. The first kappa shape index (κ1) is 56.4. The Balaban J connectivity index is 0.000000270. The van der Waals surface area contributed by atoms with E-state index in [0.717, 1.165) is 79.1 Å². The Hall–Kier alpha value is -7.15. The van der Waals surface area contributed by atoms with Crippen molar-refractivity contribution in [3.05, 3.63) is 117 Å². The molecule has 8 rings (SSSR count). The molecule has 6 aromatic rings. The molecule has 0 saturated heterocycles. The lowest BCUT2D eigenvalue weighted by atomic mass is 9.78. The molecule has 0 spiro atoms. The van der Waals surface area contributed by atoms with Gasteiger partial charge in [0.2, 0.25) is 0 Å². The SMILES string of the molecule is CC.CCC.CNC.CNC(=O)c1nn(CC2(c3cccc(-c4cnn(C)c4)c3)CCCC2)cc(O)c1=O.CNC(=O)c1nn(CC2(n3cc(C)c4cccnc43)CCCC2)cc(OC(=O)N(C)C)c1=O. The van der Waals surface area contributed by atoms with E-state index < -0.39 is 34.5 Å². The summed E-state index contributed by atoms with van der Waals surface area (Å²) < 4.78 is 12.3. The van der Waals surface area contributed by atoms with Crippen molar-refractivity contribution in [2.45, 2.75) is 116 Å². The monoisotopic (exact) mass is 979 g/mol. The number of benzene rings is 1. The maximum absolute atomic E-state index is 12.8. The van der Waals surface area contributed by atoms with Crippen LogP contribution < -0.4 is 31.5 Å². The largest absolute Gasteiger partial charge is 0.503 e. The summed E-state index contributed by atoms with van der Waals surface area (Å²) in [4.78, 5) is 67.3. The fraction of sp³-hybridized carbons (Fsp3) is 0.481. The van der Waals surface area contributed by atoms with Crippen molar-refractivity contribution in [1.29, 1.82) is 0 Å². The highest BCUT2D eigenvalue weighted by Gasteiger charge is 2.39. The topological polar surface area (TPSA) is 225 Å². The van der Waals surface area contributed by atoms with E-state index >= 15 is 0 Å². The third-order valence-corrected chi connectivity index (χ3v) is 12.1. The van der Waals surface area contributed by atoms with Crippen LogP contribution >= 0.6 is 0 Å². The minimum atomic E-state index is -0.760. The summed E-state index contributed by atoms with van der Waals surface area (Å²) in [6, 6.07) is 12.4. The molecular formula is C52H74N12O7. The van der Waals surface area contributed by atoms with E-state index in [0.29, 0.717) is 13.1 Å². The Morgan fingerprint density at radius 1 is 0.789 bits per heavy atom. The predicted molar refractivity (Wildman–Crippen MR) is 277 cm³/mol. The number of aromatic nitrogens is 8. The maximum Gasteiger partial charge on any atom is 0.414 e. The van der Waals surface area contributed by atoms with Gasteiger partial charge in [-0.2, -0.15) is 15.3 Å². The minimum absolute atomic E-state index is 0.188. The Kier molecular flexibility index (Phi) is 20.8. The number of hydrogen-bond acceptors (Lipinski definition) is 12. The molecule has 2 aliphatic carbocycles. The third kappa shape index (κ3) is 13.6. The highest BCUT2D eigenvalue weighted by Crippen LogP contribution is 2.44. The van der Waals surface area contributed by atoms with Gasteiger partial charge in [-0.05, 0) is 75.5 Å². The zero-order valence-corrected chi connectivity index (χ0v) is 43.6. The number of ether oxygens (including phenoxy) is 1. The molecule has 0 aliphatic heterocycles. The van der Waals surface area contributed by atoms with Gasteiger partial charge in [0.1, 0.15) is 5.65 Å². The summed E-state index contributed by atoms with van der Waals surface area (Å²) in [6.07, 6.45) is 19.0. The van der Waals surface area contributed by atoms with Crippen LogP contribution in [0.15, 0.2) is 83.2 Å². The van der Waals surface area contributed by atoms with Gasteiger partial charge in [-0.25, -0.2) is 9.78 Å². The van der Waals surface area contributed by atoms with Crippen molar-refractivity contribution in [3.63, 3.8) is 0 Å². The Morgan fingerprint density at radius 2 is 1.37 bits per heavy atom. The molecule has 71 heavy (non-hydrogen) atoms. The van der Waals surface area contributed by atoms with Gasteiger partial charge < -0.3 is 35.3 Å². The average molecular weight is 979 g/mol. The second-order valence-corrected chi connectivity index (χ2v) is 17.8. The number of carbonyl (C=O) groups excluding carboxylic acids is 3. The molecule has 4 N–H and O–H groups in total. The fourth-order valence-electron chi connectivity index (χ4n) is 8.88. The van der Waals surface area contributed by atoms with Gasteiger partial charge >= 0.3 is 6.09 Å². The molecule has 2 fully saturated rings. The van der Waals surface area contributed by atoms with Crippen LogP contribution in [0.3, 0.4) is 0 Å². The standard InChI is InChI=1S/C23H28N6O4.C22H25N5O3.C3H8.C2H7N.C2H6/c1-15-12-29(20-16(15)8-7-11-25-20)23(9-5-6-10-23)14-28-13-17(33-22(32)27(3)4)19(30)18(26-28)21(31)24-2;1-23-21(30)19-20(29)18(28)13-27(25-19)14-22(8-3-4-9-22)17-7-5-6-15(10-17)16-11-24-26(2)12-16;2*1-3-2;1-2/h7-8,11-13H,5-6,9-10,14H2,1-4H3,(H,24,31);5-7,10-13,28H,3-4,8-9,14H2,1-2H3,(H,23,30);3H2,1-2H3;3H,1-2H3;1-2H3. The van der Waals surface area contributed by atoms with Crippen LogP contribution in [0.1, 0.15) is 118 Å². The first-order chi connectivity index (χ1) is 34.0. The Bertz CT molecular complexity index is 2830. The Labute approximate surface area is 416 Å². The van der Waals surface area contributed by atoms with Crippen molar-refractivity contribution in [2.24, 2.45) is 7.05 Å². The number of nitrogens with one attached hydrogen (secondary N) is 3. The number of carbonyl (C=O) groups is 3. The van der Waals surface area contributed by atoms with Gasteiger partial charge in [0.05, 0.1) is 37.2 Å². The van der Waals surface area contributed by atoms with Gasteiger partial charge in [-0.3, -0.25) is 33.2 Å². The number of aryl methyl sites for hydroxylation is 2. The summed E-state index contributed by atoms with van der Waals surface area (Å²) in [5, 5.41) is 31.6. The molecule has 3 amide bonds. The summed E-state index contributed by atoms with van der Waals surface area (Å²) in [6.45, 7) is 11.2. The number of nitrogens with zero attached hydrogens (tertiary/aromatic N) is 9. The second kappa shape index (κ2) is 26.2. The van der Waals surface area contributed by atoms with E-state index in [1.807, 2.05) is 59.5 Å². The zero-order valence-electron chi connectivity index (χ0n) is 43.6. The van der Waals surface area contributed by atoms with Crippen molar-refractivity contribution in [1.82, 2.24) is 59.7 Å². The highest BCUT2D eigenvalue weighted by molar-refractivity contribution is 5.92. The lowest BCUT2D eigenvalue weighted by Gasteiger charge is -2.32. The molecule has 19 heteroatoms. The molecule has 384 valence electrons. The zero-order chi connectivity index (χ0) is 52.5. The average Bonchev–Trinajstić information content (AvgIpc) is 4.21. The summed E-state index contributed by atoms with van der Waals surface area (Å²) >= 11 is 0. The van der Waals surface area contributed by atoms with Gasteiger partial charge in [0.15, 0.2) is 22.9 Å². The van der Waals surface area contributed by atoms with E-state index in [1.165, 1.54) is 62.2 Å². The summed E-state index contributed by atoms with van der Waals surface area (Å²) in [5.74, 6) is -1.95. The lowest BCUT2D eigenvalue weighted by molar-refractivity contribution is 0.0945. The van der Waals surface area contributed by atoms with Gasteiger partial charge in [-0.15, -0.1) is 0 Å². The predicted octanol–water partition coefficient (Wildman–Crippen LogP) is 6.79. The minimum Gasteiger partial charge on any atom is -0.503 e. The van der Waals surface area contributed by atoms with E-state index in [1.54, 1.807) is 15.6 Å². The van der Waals surface area contributed by atoms with Crippen LogP contribution in [0.4, 0.5) is 4.79 Å². The van der Waals surface area contributed by atoms with E-state index in [2.05, 4.69) is 92.0 Å². The van der Waals surface area contributed by atoms with E-state index in [-0.39, 0.29) is 28.1 Å². The van der Waals surface area contributed by atoms with Crippen LogP contribution in [-0.2, 0) is 31.1 Å². The number of aromatic hydroxyl groups is 1. The molecule has 0 atom stereocenters. The number of hydrogen-bond donors (Lipinski definition) is 4. The molecular weight excluding hydrogens is 905 g/mol. The molecule has 2 saturated carbocycles. The maximum atomic E-state index is 12.8. The summed E-state index contributed by atoms with van der Waals surface area (Å²) in [5.41, 5.74) is 2.71. The number of fused-ring (bicyclic) bond motifs is 1. The molecule has 1 aromatic carbocycles. The van der Waals surface area contributed by atoms with Crippen LogP contribution in [0, 0.1) is 6.92 Å². The van der Waals surface area contributed by atoms with Crippen LogP contribution in [-0.4, -0.2) is 109 Å². The van der Waals surface area contributed by atoms with Crippen molar-refractivity contribution in [3.8, 4) is 22.6 Å². The van der Waals surface area contributed by atoms with Crippen molar-refractivity contribution >= 4 is 28.9 Å². The quantitative estimate of drug-likeness (QED) is 0.111. The van der Waals surface area contributed by atoms with Gasteiger partial charge in [0, 0.05) is 70.2 Å². The molecule has 0 bridgehead atoms. The molecule has 5 aromatic heterocycles. The molecule has 5 heterocycles. The lowest BCUT2D eigenvalue weighted by Crippen LogP contribution is -2.38. The van der Waals surface area contributed by atoms with Crippen molar-refractivity contribution in [2.75, 3.05) is 42.3 Å². The van der Waals surface area contributed by atoms with Crippen LogP contribution in [0.25, 0.3) is 22.2 Å². The number of amides is 3. The number of pyridine rings is 1. The van der Waals surface area contributed by atoms with Gasteiger partial charge in [-0.1, -0.05) is 84.1 Å². The van der Waals surface area contributed by atoms with Crippen LogP contribution in [0.5, 0.6) is 11.5 Å². The molecule has 0 unspecified atom stereocenters. The van der Waals surface area contributed by atoms with E-state index in [9.17, 15) is 29.1 Å². The third-order valence-electron chi connectivity index (χ3n) is 12.1. The Morgan fingerprint density at radius 3 is 1.93 bits per heavy atom. The normalized spacial score (nSPS) is 14.0. The first-order valence-corrected chi connectivity index (χ1v) is 24.4. The smallest absolute Gasteiger partial charge is 0.414 e. The van der Waals surface area contributed by atoms with Gasteiger partial charge in [0.25, 0.3) is 22.7 Å². The van der Waals surface area contributed by atoms with Crippen LogP contribution in [0.2, 0.25) is 0 Å². The molecule has 19 nitrogen and oxygen atoms in total. The molecule has 0 radical (unpaired) electrons. The highest BCUT2D eigenvalue weighted by atomic mass is 16.6.